The predicted molar refractivity (Wildman–Crippen MR) is 75.3 cm³/mol. The summed E-state index contributed by atoms with van der Waals surface area (Å²) in [5.74, 6) is 0.515. The first-order valence-electron chi connectivity index (χ1n) is 6.18. The maximum atomic E-state index is 13.8. The highest BCUT2D eigenvalue weighted by Crippen LogP contribution is 2.22. The maximum absolute atomic E-state index is 13.8. The fourth-order valence-corrected chi connectivity index (χ4v) is 1.63. The Bertz CT molecular complexity index is 663. The van der Waals surface area contributed by atoms with Gasteiger partial charge in [0.15, 0.2) is 0 Å². The van der Waals surface area contributed by atoms with Gasteiger partial charge in [-0.1, -0.05) is 0 Å². The monoisotopic (exact) mass is 271 g/mol. The summed E-state index contributed by atoms with van der Waals surface area (Å²) < 4.78 is 13.8. The molecule has 0 unspecified atom stereocenters. The second-order valence-corrected chi connectivity index (χ2v) is 4.19. The van der Waals surface area contributed by atoms with Crippen LogP contribution in [0.1, 0.15) is 18.1 Å². The van der Waals surface area contributed by atoms with E-state index >= 15 is 0 Å². The van der Waals surface area contributed by atoms with E-state index in [1.54, 1.807) is 12.3 Å². The number of anilines is 3. The Labute approximate surface area is 116 Å². The molecule has 0 amide bonds. The number of nitrogens with zero attached hydrogens (tertiary/aromatic N) is 3. The molecule has 0 saturated heterocycles. The molecule has 2 N–H and O–H groups in total. The summed E-state index contributed by atoms with van der Waals surface area (Å²) in [6.07, 6.45) is 1.66. The van der Waals surface area contributed by atoms with Gasteiger partial charge >= 0.3 is 0 Å². The van der Waals surface area contributed by atoms with Crippen LogP contribution in [0.15, 0.2) is 24.4 Å². The van der Waals surface area contributed by atoms with Crippen molar-refractivity contribution in [1.82, 2.24) is 9.97 Å². The van der Waals surface area contributed by atoms with Gasteiger partial charge in [0.05, 0.1) is 17.3 Å². The molecule has 1 aromatic carbocycles. The smallest absolute Gasteiger partial charge is 0.224 e. The van der Waals surface area contributed by atoms with E-state index in [0.29, 0.717) is 18.3 Å². The highest BCUT2D eigenvalue weighted by atomic mass is 19.1. The number of aromatic nitrogens is 2. The lowest BCUT2D eigenvalue weighted by atomic mass is 10.2. The molecular formula is C14H14FN5. The first-order valence-corrected chi connectivity index (χ1v) is 6.18. The van der Waals surface area contributed by atoms with Crippen molar-refractivity contribution in [3.63, 3.8) is 0 Å². The largest absolute Gasteiger partial charge is 0.354 e. The van der Waals surface area contributed by atoms with Gasteiger partial charge in [-0.15, -0.1) is 0 Å². The van der Waals surface area contributed by atoms with Crippen molar-refractivity contribution >= 4 is 17.5 Å². The Balaban J connectivity index is 2.30. The maximum Gasteiger partial charge on any atom is 0.224 e. The molecule has 20 heavy (non-hydrogen) atoms. The lowest BCUT2D eigenvalue weighted by molar-refractivity contribution is 0.631. The van der Waals surface area contributed by atoms with Gasteiger partial charge in [0.1, 0.15) is 11.6 Å². The summed E-state index contributed by atoms with van der Waals surface area (Å²) >= 11 is 0. The molecule has 0 fully saturated rings. The normalized spacial score (nSPS) is 9.90. The van der Waals surface area contributed by atoms with E-state index in [-0.39, 0.29) is 11.3 Å². The third-order valence-corrected chi connectivity index (χ3v) is 2.66. The van der Waals surface area contributed by atoms with Crippen molar-refractivity contribution in [3.05, 3.63) is 41.3 Å². The molecular weight excluding hydrogens is 257 g/mol. The molecule has 102 valence electrons. The second kappa shape index (κ2) is 5.97. The van der Waals surface area contributed by atoms with Gasteiger partial charge in [0, 0.05) is 18.3 Å². The number of halogens is 1. The molecule has 6 heteroatoms. The molecule has 1 heterocycles. The van der Waals surface area contributed by atoms with Crippen molar-refractivity contribution in [2.24, 2.45) is 0 Å². The van der Waals surface area contributed by atoms with E-state index in [2.05, 4.69) is 20.6 Å². The number of nitrogens with one attached hydrogen (secondary N) is 2. The quantitative estimate of drug-likeness (QED) is 0.894. The SMILES string of the molecule is CCNc1ncc(C)c(Nc2ccc(C#N)cc2F)n1. The first-order chi connectivity index (χ1) is 9.63. The number of hydrogen-bond donors (Lipinski definition) is 2. The number of nitriles is 1. The summed E-state index contributed by atoms with van der Waals surface area (Å²) in [5.41, 5.74) is 1.35. The molecule has 0 atom stereocenters. The van der Waals surface area contributed by atoms with E-state index in [1.807, 2.05) is 19.9 Å². The number of hydrogen-bond acceptors (Lipinski definition) is 5. The zero-order valence-electron chi connectivity index (χ0n) is 11.2. The van der Waals surface area contributed by atoms with Crippen molar-refractivity contribution in [1.29, 1.82) is 5.26 Å². The molecule has 1 aromatic heterocycles. The Morgan fingerprint density at radius 3 is 2.85 bits per heavy atom. The van der Waals surface area contributed by atoms with Crippen LogP contribution < -0.4 is 10.6 Å². The van der Waals surface area contributed by atoms with E-state index in [9.17, 15) is 4.39 Å². The average molecular weight is 271 g/mol. The lowest BCUT2D eigenvalue weighted by Crippen LogP contribution is -2.06. The zero-order chi connectivity index (χ0) is 14.5. The summed E-state index contributed by atoms with van der Waals surface area (Å²) in [5, 5.41) is 14.6. The third kappa shape index (κ3) is 3.01. The topological polar surface area (TPSA) is 73.6 Å². The Morgan fingerprint density at radius 1 is 1.40 bits per heavy atom. The van der Waals surface area contributed by atoms with Crippen LogP contribution >= 0.6 is 0 Å². The highest BCUT2D eigenvalue weighted by Gasteiger charge is 2.08. The second-order valence-electron chi connectivity index (χ2n) is 4.19. The highest BCUT2D eigenvalue weighted by molar-refractivity contribution is 5.61. The molecule has 2 rings (SSSR count). The predicted octanol–water partition coefficient (Wildman–Crippen LogP) is 2.97. The standard InChI is InChI=1S/C14H14FN5/c1-3-17-14-18-8-9(2)13(20-14)19-12-5-4-10(7-16)6-11(12)15/h4-6,8H,3H2,1-2H3,(H2,17,18,19,20). The van der Waals surface area contributed by atoms with Crippen LogP contribution in [-0.2, 0) is 0 Å². The fraction of sp³-hybridized carbons (Fsp3) is 0.214. The molecule has 0 saturated carbocycles. The molecule has 0 radical (unpaired) electrons. The van der Waals surface area contributed by atoms with Crippen molar-refractivity contribution in [3.8, 4) is 6.07 Å². The molecule has 0 bridgehead atoms. The van der Waals surface area contributed by atoms with Crippen LogP contribution in [-0.4, -0.2) is 16.5 Å². The van der Waals surface area contributed by atoms with Gasteiger partial charge in [-0.05, 0) is 32.0 Å². The van der Waals surface area contributed by atoms with Crippen LogP contribution in [0.25, 0.3) is 0 Å². The Hall–Kier alpha value is -2.68. The van der Waals surface area contributed by atoms with Gasteiger partial charge in [0.2, 0.25) is 5.95 Å². The molecule has 0 aliphatic carbocycles. The van der Waals surface area contributed by atoms with Crippen molar-refractivity contribution in [2.75, 3.05) is 17.2 Å². The fourth-order valence-electron chi connectivity index (χ4n) is 1.63. The van der Waals surface area contributed by atoms with Crippen LogP contribution in [0, 0.1) is 24.1 Å². The minimum atomic E-state index is -0.493. The van der Waals surface area contributed by atoms with Gasteiger partial charge in [0.25, 0.3) is 0 Å². The average Bonchev–Trinajstić information content (AvgIpc) is 2.44. The van der Waals surface area contributed by atoms with Crippen molar-refractivity contribution < 1.29 is 4.39 Å². The van der Waals surface area contributed by atoms with Crippen LogP contribution in [0.4, 0.5) is 21.8 Å². The van der Waals surface area contributed by atoms with Gasteiger partial charge in [-0.3, -0.25) is 0 Å². The Kier molecular flexibility index (Phi) is 4.11. The van der Waals surface area contributed by atoms with Crippen LogP contribution in [0.3, 0.4) is 0 Å². The third-order valence-electron chi connectivity index (χ3n) is 2.66. The molecule has 0 aliphatic heterocycles. The minimum absolute atomic E-state index is 0.272. The summed E-state index contributed by atoms with van der Waals surface area (Å²) in [4.78, 5) is 8.40. The number of aryl methyl sites for hydroxylation is 1. The number of benzene rings is 1. The number of rotatable bonds is 4. The van der Waals surface area contributed by atoms with E-state index in [4.69, 9.17) is 5.26 Å². The molecule has 0 spiro atoms. The van der Waals surface area contributed by atoms with Crippen molar-refractivity contribution in [2.45, 2.75) is 13.8 Å². The molecule has 2 aromatic rings. The Morgan fingerprint density at radius 2 is 2.20 bits per heavy atom. The zero-order valence-corrected chi connectivity index (χ0v) is 11.2. The first kappa shape index (κ1) is 13.7. The van der Waals surface area contributed by atoms with Crippen LogP contribution in [0.2, 0.25) is 0 Å². The van der Waals surface area contributed by atoms with E-state index in [0.717, 1.165) is 5.56 Å². The van der Waals surface area contributed by atoms with Crippen LogP contribution in [0.5, 0.6) is 0 Å². The molecule has 0 aliphatic rings. The minimum Gasteiger partial charge on any atom is -0.354 e. The summed E-state index contributed by atoms with van der Waals surface area (Å²) in [6.45, 7) is 4.48. The lowest BCUT2D eigenvalue weighted by Gasteiger charge is -2.11. The van der Waals surface area contributed by atoms with Gasteiger partial charge in [-0.25, -0.2) is 9.37 Å². The van der Waals surface area contributed by atoms with E-state index < -0.39 is 5.82 Å². The molecule has 5 nitrogen and oxygen atoms in total. The summed E-state index contributed by atoms with van der Waals surface area (Å²) in [7, 11) is 0. The van der Waals surface area contributed by atoms with Gasteiger partial charge < -0.3 is 10.6 Å². The van der Waals surface area contributed by atoms with Gasteiger partial charge in [-0.2, -0.15) is 10.2 Å². The van der Waals surface area contributed by atoms with E-state index in [1.165, 1.54) is 12.1 Å². The summed E-state index contributed by atoms with van der Waals surface area (Å²) in [6, 6.07) is 6.14.